The van der Waals surface area contributed by atoms with E-state index in [4.69, 9.17) is 4.74 Å². The van der Waals surface area contributed by atoms with E-state index in [0.717, 1.165) is 22.8 Å². The fourth-order valence-corrected chi connectivity index (χ4v) is 4.53. The molecule has 0 radical (unpaired) electrons. The molecule has 1 N–H and O–H groups in total. The van der Waals surface area contributed by atoms with Crippen LogP contribution in [0, 0.1) is 0 Å². The highest BCUT2D eigenvalue weighted by Gasteiger charge is 2.39. The Bertz CT molecular complexity index is 719. The molecule has 3 rings (SSSR count). The number of ketones is 1. The average Bonchev–Trinajstić information content (AvgIpc) is 2.85. The van der Waals surface area contributed by atoms with Gasteiger partial charge in [0, 0.05) is 5.75 Å². The number of rotatable bonds is 4. The summed E-state index contributed by atoms with van der Waals surface area (Å²) in [6, 6.07) is 5.67. The number of benzene rings is 1. The zero-order valence-corrected chi connectivity index (χ0v) is 15.5. The van der Waals surface area contributed by atoms with E-state index in [-0.39, 0.29) is 11.2 Å². The molecule has 0 bridgehead atoms. The summed E-state index contributed by atoms with van der Waals surface area (Å²) in [5, 5.41) is -0.218. The molecule has 7 heteroatoms. The van der Waals surface area contributed by atoms with Gasteiger partial charge in [-0.15, -0.1) is 11.8 Å². The number of carbonyl (C=O) groups is 3. The number of Topliss-reactive ketones (excluding diaryl/α,β-unsaturated/α-hetero) is 1. The topological polar surface area (TPSA) is 68.1 Å². The Kier molecular flexibility index (Phi) is 5.15. The Morgan fingerprint density at radius 3 is 2.84 bits per heavy atom. The van der Waals surface area contributed by atoms with E-state index >= 15 is 0 Å². The first-order valence-corrected chi connectivity index (χ1v) is 9.50. The van der Waals surface area contributed by atoms with Gasteiger partial charge < -0.3 is 9.64 Å². The van der Waals surface area contributed by atoms with Crippen LogP contribution in [0.4, 0.5) is 5.69 Å². The van der Waals surface area contributed by atoms with Gasteiger partial charge in [0.2, 0.25) is 0 Å². The van der Waals surface area contributed by atoms with Gasteiger partial charge in [0.15, 0.2) is 11.9 Å². The quantitative estimate of drug-likeness (QED) is 0.622. The standard InChI is InChI=1S/C18H22N2O4S/c1-11(2)12-4-5-14-13(8-12)16(21)17(22)20(14)10-19-6-7-25-15(9-19)18(23)24-3/h4-5,8,11,15H,6-7,9-10H2,1-3H3/p+1/t15-/m0/s1. The Hall–Kier alpha value is -1.86. The lowest BCUT2D eigenvalue weighted by Gasteiger charge is -2.30. The average molecular weight is 363 g/mol. The minimum absolute atomic E-state index is 0.218. The molecule has 6 nitrogen and oxygen atoms in total. The summed E-state index contributed by atoms with van der Waals surface area (Å²) < 4.78 is 4.83. The smallest absolute Gasteiger partial charge is 0.324 e. The van der Waals surface area contributed by atoms with Gasteiger partial charge in [-0.1, -0.05) is 19.9 Å². The Morgan fingerprint density at radius 2 is 2.16 bits per heavy atom. The van der Waals surface area contributed by atoms with Crippen molar-refractivity contribution >= 4 is 35.1 Å². The van der Waals surface area contributed by atoms with Crippen LogP contribution in [0.1, 0.15) is 35.7 Å². The van der Waals surface area contributed by atoms with Gasteiger partial charge in [-0.05, 0) is 23.6 Å². The zero-order valence-electron chi connectivity index (χ0n) is 14.7. The van der Waals surface area contributed by atoms with Crippen LogP contribution in [-0.2, 0) is 14.3 Å². The number of hydrogen-bond donors (Lipinski definition) is 1. The lowest BCUT2D eigenvalue weighted by atomic mass is 9.99. The maximum absolute atomic E-state index is 12.5. The van der Waals surface area contributed by atoms with Crippen molar-refractivity contribution in [3.63, 3.8) is 0 Å². The van der Waals surface area contributed by atoms with Crippen molar-refractivity contribution in [2.75, 3.05) is 37.5 Å². The van der Waals surface area contributed by atoms with Crippen LogP contribution in [0.3, 0.4) is 0 Å². The first-order chi connectivity index (χ1) is 11.9. The summed E-state index contributed by atoms with van der Waals surface area (Å²) in [6.45, 7) is 5.95. The van der Waals surface area contributed by atoms with Gasteiger partial charge in [-0.3, -0.25) is 19.3 Å². The molecule has 25 heavy (non-hydrogen) atoms. The van der Waals surface area contributed by atoms with Gasteiger partial charge in [0.05, 0.1) is 24.9 Å². The number of amides is 1. The second-order valence-corrected chi connectivity index (χ2v) is 8.05. The number of ether oxygens (including phenoxy) is 1. The van der Waals surface area contributed by atoms with Gasteiger partial charge >= 0.3 is 11.9 Å². The number of anilines is 1. The maximum atomic E-state index is 12.5. The van der Waals surface area contributed by atoms with Crippen LogP contribution in [-0.4, -0.2) is 55.5 Å². The van der Waals surface area contributed by atoms with Crippen LogP contribution in [0.5, 0.6) is 0 Å². The molecule has 1 aromatic rings. The molecule has 2 aliphatic heterocycles. The van der Waals surface area contributed by atoms with E-state index in [9.17, 15) is 14.4 Å². The van der Waals surface area contributed by atoms with E-state index in [2.05, 4.69) is 13.8 Å². The van der Waals surface area contributed by atoms with E-state index in [1.807, 2.05) is 18.2 Å². The number of esters is 1. The number of fused-ring (bicyclic) bond motifs is 1. The van der Waals surface area contributed by atoms with Gasteiger partial charge in [-0.2, -0.15) is 0 Å². The van der Waals surface area contributed by atoms with Crippen molar-refractivity contribution in [1.82, 2.24) is 0 Å². The molecule has 2 heterocycles. The summed E-state index contributed by atoms with van der Waals surface area (Å²) in [5.41, 5.74) is 2.22. The Balaban J connectivity index is 1.79. The monoisotopic (exact) mass is 363 g/mol. The summed E-state index contributed by atoms with van der Waals surface area (Å²) in [4.78, 5) is 39.3. The fraction of sp³-hybridized carbons (Fsp3) is 0.500. The molecule has 0 aliphatic carbocycles. The second kappa shape index (κ2) is 7.17. The molecule has 1 unspecified atom stereocenters. The van der Waals surface area contributed by atoms with Crippen molar-refractivity contribution in [3.8, 4) is 0 Å². The van der Waals surface area contributed by atoms with Crippen molar-refractivity contribution in [1.29, 1.82) is 0 Å². The number of carbonyl (C=O) groups excluding carboxylic acids is 3. The van der Waals surface area contributed by atoms with Crippen LogP contribution in [0.25, 0.3) is 0 Å². The molecule has 2 atom stereocenters. The number of thioether (sulfide) groups is 1. The number of quaternary nitrogens is 1. The van der Waals surface area contributed by atoms with Crippen LogP contribution < -0.4 is 9.80 Å². The number of hydrogen-bond acceptors (Lipinski definition) is 5. The van der Waals surface area contributed by atoms with Crippen LogP contribution in [0.2, 0.25) is 0 Å². The molecule has 1 aromatic carbocycles. The summed E-state index contributed by atoms with van der Waals surface area (Å²) in [6.07, 6.45) is 0. The summed E-state index contributed by atoms with van der Waals surface area (Å²) >= 11 is 1.58. The molecular formula is C18H23N2O4S+. The SMILES string of the molecule is COC(=O)[C@@H]1C[NH+](CN2C(=O)C(=O)c3cc(C(C)C)ccc32)CCS1. The predicted molar refractivity (Wildman–Crippen MR) is 96.2 cm³/mol. The minimum Gasteiger partial charge on any atom is -0.468 e. The van der Waals surface area contributed by atoms with Crippen molar-refractivity contribution in [2.24, 2.45) is 0 Å². The summed E-state index contributed by atoms with van der Waals surface area (Å²) in [5.74, 6) is -0.0191. The second-order valence-electron chi connectivity index (χ2n) is 6.74. The van der Waals surface area contributed by atoms with E-state index in [0.29, 0.717) is 30.4 Å². The van der Waals surface area contributed by atoms with Gasteiger partial charge in [-0.25, -0.2) is 0 Å². The molecule has 1 saturated heterocycles. The largest absolute Gasteiger partial charge is 0.468 e. The highest BCUT2D eigenvalue weighted by atomic mass is 32.2. The maximum Gasteiger partial charge on any atom is 0.324 e. The normalized spacial score (nSPS) is 23.1. The summed E-state index contributed by atoms with van der Waals surface area (Å²) in [7, 11) is 1.39. The first-order valence-electron chi connectivity index (χ1n) is 8.45. The van der Waals surface area contributed by atoms with Gasteiger partial charge in [0.1, 0.15) is 6.54 Å². The predicted octanol–water partition coefficient (Wildman–Crippen LogP) is 0.470. The Morgan fingerprint density at radius 1 is 1.40 bits per heavy atom. The highest BCUT2D eigenvalue weighted by Crippen LogP contribution is 2.31. The molecule has 134 valence electrons. The minimum atomic E-state index is -0.476. The van der Waals surface area contributed by atoms with Gasteiger partial charge in [0.25, 0.3) is 5.78 Å². The number of nitrogens with one attached hydrogen (secondary N) is 1. The van der Waals surface area contributed by atoms with Crippen molar-refractivity contribution in [2.45, 2.75) is 25.0 Å². The lowest BCUT2D eigenvalue weighted by Crippen LogP contribution is -3.16. The van der Waals surface area contributed by atoms with E-state index < -0.39 is 11.7 Å². The van der Waals surface area contributed by atoms with Crippen molar-refractivity contribution in [3.05, 3.63) is 29.3 Å². The highest BCUT2D eigenvalue weighted by molar-refractivity contribution is 8.00. The molecule has 2 aliphatic rings. The number of nitrogens with zero attached hydrogens (tertiary/aromatic N) is 1. The van der Waals surface area contributed by atoms with Crippen molar-refractivity contribution < 1.29 is 24.0 Å². The molecular weight excluding hydrogens is 340 g/mol. The molecule has 1 fully saturated rings. The molecule has 1 amide bonds. The lowest BCUT2D eigenvalue weighted by molar-refractivity contribution is -0.896. The Labute approximate surface area is 151 Å². The first kappa shape index (κ1) is 17.9. The van der Waals surface area contributed by atoms with Crippen LogP contribution >= 0.6 is 11.8 Å². The third-order valence-electron chi connectivity index (χ3n) is 4.76. The van der Waals surface area contributed by atoms with E-state index in [1.54, 1.807) is 16.7 Å². The fourth-order valence-electron chi connectivity index (χ4n) is 3.25. The van der Waals surface area contributed by atoms with E-state index in [1.165, 1.54) is 7.11 Å². The zero-order chi connectivity index (χ0) is 18.1. The molecule has 0 aromatic heterocycles. The number of methoxy groups -OCH3 is 1. The molecule has 0 spiro atoms. The van der Waals surface area contributed by atoms with Crippen LogP contribution in [0.15, 0.2) is 18.2 Å². The third kappa shape index (κ3) is 3.43. The molecule has 0 saturated carbocycles. The third-order valence-corrected chi connectivity index (χ3v) is 5.96.